The van der Waals surface area contributed by atoms with E-state index in [1.165, 1.54) is 10.4 Å². The van der Waals surface area contributed by atoms with Crippen molar-refractivity contribution < 1.29 is 4.79 Å². The molecule has 0 atom stereocenters. The normalized spacial score (nSPS) is 10.7. The molecule has 2 rings (SSSR count). The largest absolute Gasteiger partial charge is 0.335 e. The van der Waals surface area contributed by atoms with Gasteiger partial charge in [-0.25, -0.2) is 0 Å². The van der Waals surface area contributed by atoms with Crippen molar-refractivity contribution in [1.82, 2.24) is 14.7 Å². The third-order valence-corrected chi connectivity index (χ3v) is 4.28. The van der Waals surface area contributed by atoms with Crippen LogP contribution in [0, 0.1) is 13.8 Å². The van der Waals surface area contributed by atoms with E-state index in [0.717, 1.165) is 17.1 Å². The minimum atomic E-state index is 0.0623. The molecule has 0 radical (unpaired) electrons. The summed E-state index contributed by atoms with van der Waals surface area (Å²) in [4.78, 5) is 16.0. The number of nitrogens with zero attached hydrogens (tertiary/aromatic N) is 3. The average molecular weight is 277 g/mol. The van der Waals surface area contributed by atoms with Crippen LogP contribution in [-0.2, 0) is 13.1 Å². The zero-order valence-electron chi connectivity index (χ0n) is 11.8. The molecule has 0 saturated heterocycles. The molecule has 0 fully saturated rings. The molecule has 19 heavy (non-hydrogen) atoms. The van der Waals surface area contributed by atoms with E-state index in [1.54, 1.807) is 16.2 Å². The lowest BCUT2D eigenvalue weighted by atomic mass is 10.2. The number of aromatic nitrogens is 2. The van der Waals surface area contributed by atoms with Crippen molar-refractivity contribution in [3.63, 3.8) is 0 Å². The van der Waals surface area contributed by atoms with E-state index >= 15 is 0 Å². The van der Waals surface area contributed by atoms with Crippen LogP contribution in [0.3, 0.4) is 0 Å². The second-order valence-corrected chi connectivity index (χ2v) is 5.93. The third kappa shape index (κ3) is 3.04. The first-order valence-corrected chi connectivity index (χ1v) is 7.17. The lowest BCUT2D eigenvalue weighted by molar-refractivity contribution is 0.0788. The Kier molecular flexibility index (Phi) is 4.04. The van der Waals surface area contributed by atoms with Gasteiger partial charge in [-0.1, -0.05) is 0 Å². The van der Waals surface area contributed by atoms with Crippen molar-refractivity contribution in [3.05, 3.63) is 39.3 Å². The van der Waals surface area contributed by atoms with Crippen LogP contribution in [0.1, 0.15) is 32.7 Å². The van der Waals surface area contributed by atoms with Crippen LogP contribution in [0.15, 0.2) is 18.3 Å². The molecule has 0 N–H and O–H groups in total. The maximum Gasteiger partial charge on any atom is 0.264 e. The molecule has 1 amide bonds. The van der Waals surface area contributed by atoms with E-state index in [-0.39, 0.29) is 5.91 Å². The predicted molar refractivity (Wildman–Crippen MR) is 77.5 cm³/mol. The fourth-order valence-electron chi connectivity index (χ4n) is 1.85. The van der Waals surface area contributed by atoms with Crippen LogP contribution in [0.4, 0.5) is 0 Å². The van der Waals surface area contributed by atoms with Crippen molar-refractivity contribution in [3.8, 4) is 0 Å². The van der Waals surface area contributed by atoms with Gasteiger partial charge in [-0.2, -0.15) is 5.10 Å². The average Bonchev–Trinajstić information content (AvgIpc) is 2.96. The smallest absolute Gasteiger partial charge is 0.264 e. The fraction of sp³-hybridized carbons (Fsp3) is 0.429. The van der Waals surface area contributed by atoms with Crippen LogP contribution in [0.25, 0.3) is 0 Å². The zero-order valence-corrected chi connectivity index (χ0v) is 12.6. The molecular formula is C14H19N3OS. The number of hydrogen-bond acceptors (Lipinski definition) is 3. The highest BCUT2D eigenvalue weighted by molar-refractivity contribution is 7.14. The zero-order chi connectivity index (χ0) is 14.0. The quantitative estimate of drug-likeness (QED) is 0.862. The highest BCUT2D eigenvalue weighted by Gasteiger charge is 2.16. The van der Waals surface area contributed by atoms with Crippen molar-refractivity contribution in [2.75, 3.05) is 7.05 Å². The van der Waals surface area contributed by atoms with E-state index in [4.69, 9.17) is 0 Å². The van der Waals surface area contributed by atoms with E-state index in [9.17, 15) is 4.79 Å². The van der Waals surface area contributed by atoms with Crippen LogP contribution >= 0.6 is 11.3 Å². The Hall–Kier alpha value is -1.62. The molecule has 0 aliphatic carbocycles. The fourth-order valence-corrected chi connectivity index (χ4v) is 2.87. The van der Waals surface area contributed by atoms with E-state index in [1.807, 2.05) is 50.8 Å². The lowest BCUT2D eigenvalue weighted by Gasteiger charge is -2.14. The Morgan fingerprint density at radius 2 is 2.21 bits per heavy atom. The minimum absolute atomic E-state index is 0.0623. The Bertz CT molecular complexity index is 566. The topological polar surface area (TPSA) is 38.1 Å². The monoisotopic (exact) mass is 277 g/mol. The molecule has 0 saturated carbocycles. The summed E-state index contributed by atoms with van der Waals surface area (Å²) in [5.74, 6) is 0.0623. The Labute approximate surface area is 117 Å². The molecule has 5 heteroatoms. The van der Waals surface area contributed by atoms with Gasteiger partial charge in [0.05, 0.1) is 17.1 Å². The summed E-state index contributed by atoms with van der Waals surface area (Å²) in [5.41, 5.74) is 2.10. The second kappa shape index (κ2) is 5.57. The van der Waals surface area contributed by atoms with E-state index < -0.39 is 0 Å². The summed E-state index contributed by atoms with van der Waals surface area (Å²) >= 11 is 1.55. The number of rotatable bonds is 4. The highest BCUT2D eigenvalue weighted by Crippen LogP contribution is 2.22. The summed E-state index contributed by atoms with van der Waals surface area (Å²) in [6, 6.07) is 3.92. The van der Waals surface area contributed by atoms with E-state index in [2.05, 4.69) is 5.10 Å². The van der Waals surface area contributed by atoms with Gasteiger partial charge in [-0.3, -0.25) is 9.48 Å². The van der Waals surface area contributed by atoms with Crippen molar-refractivity contribution in [1.29, 1.82) is 0 Å². The first-order valence-electron chi connectivity index (χ1n) is 6.36. The maximum absolute atomic E-state index is 12.3. The molecule has 102 valence electrons. The first kappa shape index (κ1) is 13.8. The number of carbonyl (C=O) groups excluding carboxylic acids is 1. The lowest BCUT2D eigenvalue weighted by Crippen LogP contribution is -2.25. The van der Waals surface area contributed by atoms with Gasteiger partial charge in [0.25, 0.3) is 5.91 Å². The van der Waals surface area contributed by atoms with Gasteiger partial charge in [0, 0.05) is 24.7 Å². The van der Waals surface area contributed by atoms with Gasteiger partial charge in [-0.15, -0.1) is 11.3 Å². The van der Waals surface area contributed by atoms with Gasteiger partial charge in [0.2, 0.25) is 0 Å². The summed E-state index contributed by atoms with van der Waals surface area (Å²) < 4.78 is 1.87. The number of hydrogen-bond donors (Lipinski definition) is 0. The molecule has 4 nitrogen and oxygen atoms in total. The molecule has 2 aromatic rings. The van der Waals surface area contributed by atoms with Crippen LogP contribution < -0.4 is 0 Å². The van der Waals surface area contributed by atoms with Crippen LogP contribution in [0.2, 0.25) is 0 Å². The van der Waals surface area contributed by atoms with Gasteiger partial charge in [-0.05, 0) is 38.5 Å². The number of carbonyl (C=O) groups is 1. The number of amides is 1. The molecule has 0 spiro atoms. The van der Waals surface area contributed by atoms with Crippen LogP contribution in [-0.4, -0.2) is 27.6 Å². The molecule has 0 aliphatic rings. The van der Waals surface area contributed by atoms with Gasteiger partial charge in [0.15, 0.2) is 0 Å². The SMILES string of the molecule is CCn1ccc(CN(C)C(=O)c2cc(C)c(C)s2)n1. The van der Waals surface area contributed by atoms with E-state index in [0.29, 0.717) is 6.54 Å². The summed E-state index contributed by atoms with van der Waals surface area (Å²) in [6.07, 6.45) is 1.94. The van der Waals surface area contributed by atoms with Gasteiger partial charge < -0.3 is 4.90 Å². The highest BCUT2D eigenvalue weighted by atomic mass is 32.1. The Balaban J connectivity index is 2.06. The first-order chi connectivity index (χ1) is 9.01. The predicted octanol–water partition coefficient (Wildman–Crippen LogP) is 2.85. The van der Waals surface area contributed by atoms with Crippen molar-refractivity contribution >= 4 is 17.2 Å². The Morgan fingerprint density at radius 1 is 1.47 bits per heavy atom. The van der Waals surface area contributed by atoms with Crippen molar-refractivity contribution in [2.45, 2.75) is 33.9 Å². The summed E-state index contributed by atoms with van der Waals surface area (Å²) in [6.45, 7) is 7.51. The summed E-state index contributed by atoms with van der Waals surface area (Å²) in [7, 11) is 1.82. The minimum Gasteiger partial charge on any atom is -0.335 e. The Morgan fingerprint density at radius 3 is 2.74 bits per heavy atom. The van der Waals surface area contributed by atoms with Crippen molar-refractivity contribution in [2.24, 2.45) is 0 Å². The molecule has 0 aromatic carbocycles. The van der Waals surface area contributed by atoms with Gasteiger partial charge in [0.1, 0.15) is 0 Å². The number of thiophene rings is 1. The maximum atomic E-state index is 12.3. The van der Waals surface area contributed by atoms with Crippen LogP contribution in [0.5, 0.6) is 0 Å². The molecular weight excluding hydrogens is 258 g/mol. The summed E-state index contributed by atoms with van der Waals surface area (Å²) in [5, 5.41) is 4.39. The second-order valence-electron chi connectivity index (χ2n) is 4.67. The molecule has 0 bridgehead atoms. The molecule has 0 aliphatic heterocycles. The van der Waals surface area contributed by atoms with Gasteiger partial charge >= 0.3 is 0 Å². The number of aryl methyl sites for hydroxylation is 3. The molecule has 2 heterocycles. The molecule has 0 unspecified atom stereocenters. The standard InChI is InChI=1S/C14H19N3OS/c1-5-17-7-6-12(15-17)9-16(4)14(18)13-8-10(2)11(3)19-13/h6-8H,5,9H2,1-4H3. The third-order valence-electron chi connectivity index (χ3n) is 3.14. The molecule has 2 aromatic heterocycles.